The van der Waals surface area contributed by atoms with Crippen LogP contribution in [0.25, 0.3) is 0 Å². The molecule has 17 heavy (non-hydrogen) atoms. The molecule has 2 atom stereocenters. The molecule has 96 valence electrons. The maximum Gasteiger partial charge on any atom is 0.332 e. The topological polar surface area (TPSA) is 46.5 Å². The highest BCUT2D eigenvalue weighted by Crippen LogP contribution is 2.47. The Kier molecular flexibility index (Phi) is 5.31. The summed E-state index contributed by atoms with van der Waals surface area (Å²) < 4.78 is 30.2. The van der Waals surface area contributed by atoms with Gasteiger partial charge in [-0.25, -0.2) is 4.39 Å². The predicted octanol–water partition coefficient (Wildman–Crippen LogP) is 3.72. The van der Waals surface area contributed by atoms with Crippen LogP contribution < -0.4 is 0 Å². The quantitative estimate of drug-likeness (QED) is 0.793. The minimum absolute atomic E-state index is 0.210. The largest absolute Gasteiger partial charge is 0.332 e. The van der Waals surface area contributed by atoms with E-state index >= 15 is 0 Å². The lowest BCUT2D eigenvalue weighted by Gasteiger charge is -2.17. The van der Waals surface area contributed by atoms with Crippen molar-refractivity contribution in [1.29, 1.82) is 0 Å². The molecule has 0 bridgehead atoms. The average Bonchev–Trinajstić information content (AvgIpc) is 2.20. The summed E-state index contributed by atoms with van der Waals surface area (Å²) >= 11 is 0. The first-order chi connectivity index (χ1) is 7.94. The van der Waals surface area contributed by atoms with Gasteiger partial charge in [0.1, 0.15) is 5.82 Å². The summed E-state index contributed by atoms with van der Waals surface area (Å²) in [4.78, 5) is 9.66. The van der Waals surface area contributed by atoms with Gasteiger partial charge in [0.15, 0.2) is 0 Å². The first-order valence-electron chi connectivity index (χ1n) is 5.68. The van der Waals surface area contributed by atoms with E-state index < -0.39 is 13.4 Å². The van der Waals surface area contributed by atoms with Crippen LogP contribution in [0.5, 0.6) is 0 Å². The van der Waals surface area contributed by atoms with E-state index in [0.29, 0.717) is 6.42 Å². The van der Waals surface area contributed by atoms with Gasteiger partial charge < -0.3 is 9.42 Å². The molecule has 1 rings (SSSR count). The molecule has 0 saturated heterocycles. The van der Waals surface area contributed by atoms with Crippen LogP contribution in [0.2, 0.25) is 0 Å². The van der Waals surface area contributed by atoms with Gasteiger partial charge in [-0.3, -0.25) is 4.57 Å². The summed E-state index contributed by atoms with van der Waals surface area (Å²) in [6.07, 6.45) is 1.01. The zero-order chi connectivity index (χ0) is 12.9. The summed E-state index contributed by atoms with van der Waals surface area (Å²) in [5.74, 6) is -0.478. The van der Waals surface area contributed by atoms with E-state index in [0.717, 1.165) is 6.42 Å². The van der Waals surface area contributed by atoms with Gasteiger partial charge in [-0.05, 0) is 25.0 Å². The minimum atomic E-state index is -3.77. The zero-order valence-electron chi connectivity index (χ0n) is 10.1. The average molecular weight is 260 g/mol. The Bertz CT molecular complexity index is 408. The van der Waals surface area contributed by atoms with Gasteiger partial charge in [-0.15, -0.1) is 0 Å². The van der Waals surface area contributed by atoms with Crippen molar-refractivity contribution in [2.75, 3.05) is 0 Å². The Balaban J connectivity index is 2.67. The van der Waals surface area contributed by atoms with Crippen molar-refractivity contribution in [2.24, 2.45) is 0 Å². The maximum absolute atomic E-state index is 13.3. The van der Waals surface area contributed by atoms with Crippen LogP contribution in [0, 0.1) is 5.82 Å². The van der Waals surface area contributed by atoms with Crippen LogP contribution in [-0.2, 0) is 15.3 Å². The molecule has 1 aromatic carbocycles. The monoisotopic (exact) mass is 260 g/mol. The molecule has 0 radical (unpaired) electrons. The molecular weight excluding hydrogens is 242 g/mol. The molecule has 0 amide bonds. The van der Waals surface area contributed by atoms with Crippen LogP contribution in [0.15, 0.2) is 24.3 Å². The normalized spacial score (nSPS) is 16.5. The summed E-state index contributed by atoms with van der Waals surface area (Å²) in [6.45, 7) is 3.72. The van der Waals surface area contributed by atoms with E-state index in [1.807, 2.05) is 6.92 Å². The van der Waals surface area contributed by atoms with Crippen molar-refractivity contribution >= 4 is 7.60 Å². The van der Waals surface area contributed by atoms with Crippen molar-refractivity contribution in [3.05, 3.63) is 35.6 Å². The molecule has 0 aliphatic rings. The second-order valence-corrected chi connectivity index (χ2v) is 5.89. The molecule has 3 nitrogen and oxygen atoms in total. The molecule has 0 heterocycles. The minimum Gasteiger partial charge on any atom is -0.324 e. The third-order valence-corrected chi connectivity index (χ3v) is 3.80. The van der Waals surface area contributed by atoms with Crippen molar-refractivity contribution in [1.82, 2.24) is 0 Å². The molecule has 1 N–H and O–H groups in total. The van der Waals surface area contributed by atoms with Crippen molar-refractivity contribution in [3.8, 4) is 0 Å². The summed E-state index contributed by atoms with van der Waals surface area (Å²) in [7, 11) is -3.77. The van der Waals surface area contributed by atoms with Gasteiger partial charge in [-0.1, -0.05) is 31.5 Å². The molecule has 0 aliphatic carbocycles. The number of halogens is 1. The van der Waals surface area contributed by atoms with Gasteiger partial charge in [-0.2, -0.15) is 0 Å². The standard InChI is InChI=1S/C12H18FO3P/c1-3-6-10(2)16-17(14,15)9-11-7-4-5-8-12(11)13/h4-5,7-8,10H,3,6,9H2,1-2H3,(H,14,15). The van der Waals surface area contributed by atoms with Crippen LogP contribution in [0.3, 0.4) is 0 Å². The van der Waals surface area contributed by atoms with Crippen molar-refractivity contribution < 1.29 is 18.4 Å². The van der Waals surface area contributed by atoms with Gasteiger partial charge in [0.2, 0.25) is 0 Å². The summed E-state index contributed by atoms with van der Waals surface area (Å²) in [6, 6.07) is 5.94. The highest BCUT2D eigenvalue weighted by Gasteiger charge is 2.24. The summed E-state index contributed by atoms with van der Waals surface area (Å²) in [5.41, 5.74) is 0.210. The fourth-order valence-corrected chi connectivity index (χ4v) is 3.05. The van der Waals surface area contributed by atoms with Crippen LogP contribution in [-0.4, -0.2) is 11.0 Å². The van der Waals surface area contributed by atoms with E-state index in [-0.39, 0.29) is 17.8 Å². The second kappa shape index (κ2) is 6.29. The number of hydrogen-bond donors (Lipinski definition) is 1. The van der Waals surface area contributed by atoms with Crippen LogP contribution in [0.4, 0.5) is 4.39 Å². The molecule has 0 aromatic heterocycles. The van der Waals surface area contributed by atoms with E-state index in [1.54, 1.807) is 19.1 Å². The number of benzene rings is 1. The van der Waals surface area contributed by atoms with Gasteiger partial charge in [0.05, 0.1) is 12.3 Å². The Hall–Kier alpha value is -0.700. The molecular formula is C12H18FO3P. The van der Waals surface area contributed by atoms with Crippen molar-refractivity contribution in [3.63, 3.8) is 0 Å². The van der Waals surface area contributed by atoms with E-state index in [1.165, 1.54) is 12.1 Å². The highest BCUT2D eigenvalue weighted by atomic mass is 31.2. The summed E-state index contributed by atoms with van der Waals surface area (Å²) in [5, 5.41) is 0. The van der Waals surface area contributed by atoms with Gasteiger partial charge in [0, 0.05) is 0 Å². The zero-order valence-corrected chi connectivity index (χ0v) is 11.0. The lowest BCUT2D eigenvalue weighted by atomic mass is 10.2. The van der Waals surface area contributed by atoms with E-state index in [9.17, 15) is 13.8 Å². The van der Waals surface area contributed by atoms with E-state index in [2.05, 4.69) is 0 Å². The third kappa shape index (κ3) is 4.99. The maximum atomic E-state index is 13.3. The molecule has 0 aliphatic heterocycles. The van der Waals surface area contributed by atoms with Crippen molar-refractivity contribution in [2.45, 2.75) is 39.0 Å². The fraction of sp³-hybridized carbons (Fsp3) is 0.500. The lowest BCUT2D eigenvalue weighted by molar-refractivity contribution is 0.179. The molecule has 0 spiro atoms. The van der Waals surface area contributed by atoms with E-state index in [4.69, 9.17) is 4.52 Å². The first-order valence-corrected chi connectivity index (χ1v) is 7.44. The lowest BCUT2D eigenvalue weighted by Crippen LogP contribution is -2.07. The number of rotatable bonds is 6. The molecule has 2 unspecified atom stereocenters. The first kappa shape index (κ1) is 14.4. The van der Waals surface area contributed by atoms with Gasteiger partial charge >= 0.3 is 7.60 Å². The Morgan fingerprint density at radius 3 is 2.71 bits per heavy atom. The molecule has 5 heteroatoms. The highest BCUT2D eigenvalue weighted by molar-refractivity contribution is 7.51. The molecule has 1 aromatic rings. The smallest absolute Gasteiger partial charge is 0.324 e. The van der Waals surface area contributed by atoms with Crippen LogP contribution >= 0.6 is 7.60 Å². The Labute approximate surface area is 101 Å². The molecule has 0 saturated carbocycles. The number of hydrogen-bond acceptors (Lipinski definition) is 2. The van der Waals surface area contributed by atoms with Crippen LogP contribution in [0.1, 0.15) is 32.3 Å². The third-order valence-electron chi connectivity index (χ3n) is 2.37. The second-order valence-electron chi connectivity index (χ2n) is 4.09. The predicted molar refractivity (Wildman–Crippen MR) is 65.4 cm³/mol. The fourth-order valence-electron chi connectivity index (χ4n) is 1.62. The van der Waals surface area contributed by atoms with Gasteiger partial charge in [0.25, 0.3) is 0 Å². The Morgan fingerprint density at radius 2 is 2.12 bits per heavy atom. The molecule has 0 fully saturated rings. The Morgan fingerprint density at radius 1 is 1.47 bits per heavy atom. The SMILES string of the molecule is CCCC(C)OP(=O)(O)Cc1ccccc1F.